The Labute approximate surface area is 185 Å². The molecule has 8 heteroatoms. The Balaban J connectivity index is 1.79. The zero-order chi connectivity index (χ0) is 23.3. The Morgan fingerprint density at radius 2 is 1.81 bits per heavy atom. The van der Waals surface area contributed by atoms with Crippen molar-refractivity contribution in [2.24, 2.45) is 0 Å². The number of anilines is 2. The molecular weight excluding hydrogens is 406 g/mol. The molecule has 0 saturated carbocycles. The number of nitrogens with two attached hydrogens (primary N) is 1. The van der Waals surface area contributed by atoms with Crippen molar-refractivity contribution in [2.75, 3.05) is 11.1 Å². The number of amides is 2. The maximum Gasteiger partial charge on any atom is 0.326 e. The SMILES string of the molecule is C=Cc1c(/C=C(\C)NC(C)=O)[nH]c(=O)n1Cc1ccc(C(=O)Nc2ccccc2N)cc1. The number of allylic oxidation sites excluding steroid dienone is 1. The van der Waals surface area contributed by atoms with Gasteiger partial charge in [-0.15, -0.1) is 0 Å². The monoisotopic (exact) mass is 431 g/mol. The number of para-hydroxylation sites is 2. The van der Waals surface area contributed by atoms with Crippen LogP contribution in [0, 0.1) is 0 Å². The number of imidazole rings is 1. The number of aromatic nitrogens is 2. The van der Waals surface area contributed by atoms with Gasteiger partial charge in [0.15, 0.2) is 0 Å². The van der Waals surface area contributed by atoms with Crippen LogP contribution in [0.5, 0.6) is 0 Å². The van der Waals surface area contributed by atoms with E-state index in [9.17, 15) is 14.4 Å². The van der Waals surface area contributed by atoms with E-state index in [1.807, 2.05) is 0 Å². The summed E-state index contributed by atoms with van der Waals surface area (Å²) in [6.45, 7) is 7.24. The molecule has 32 heavy (non-hydrogen) atoms. The van der Waals surface area contributed by atoms with Crippen molar-refractivity contribution in [1.29, 1.82) is 0 Å². The topological polar surface area (TPSA) is 122 Å². The van der Waals surface area contributed by atoms with Gasteiger partial charge in [-0.25, -0.2) is 4.79 Å². The van der Waals surface area contributed by atoms with Crippen molar-refractivity contribution in [3.05, 3.63) is 93.8 Å². The highest BCUT2D eigenvalue weighted by atomic mass is 16.2. The number of rotatable bonds is 7. The average Bonchev–Trinajstić information content (AvgIpc) is 3.03. The largest absolute Gasteiger partial charge is 0.397 e. The Kier molecular flexibility index (Phi) is 6.74. The highest BCUT2D eigenvalue weighted by Crippen LogP contribution is 2.18. The van der Waals surface area contributed by atoms with Crippen molar-refractivity contribution in [3.8, 4) is 0 Å². The van der Waals surface area contributed by atoms with Gasteiger partial charge in [-0.3, -0.25) is 14.2 Å². The van der Waals surface area contributed by atoms with E-state index in [1.165, 1.54) is 6.92 Å². The second-order valence-corrected chi connectivity index (χ2v) is 7.27. The van der Waals surface area contributed by atoms with E-state index in [0.717, 1.165) is 5.56 Å². The van der Waals surface area contributed by atoms with E-state index in [-0.39, 0.29) is 24.0 Å². The van der Waals surface area contributed by atoms with Crippen LogP contribution >= 0.6 is 0 Å². The van der Waals surface area contributed by atoms with E-state index in [4.69, 9.17) is 5.73 Å². The van der Waals surface area contributed by atoms with E-state index >= 15 is 0 Å². The normalized spacial score (nSPS) is 11.1. The Morgan fingerprint density at radius 1 is 1.12 bits per heavy atom. The predicted octanol–water partition coefficient (Wildman–Crippen LogP) is 3.20. The lowest BCUT2D eigenvalue weighted by atomic mass is 10.1. The van der Waals surface area contributed by atoms with Crippen molar-refractivity contribution in [2.45, 2.75) is 20.4 Å². The molecule has 5 N–H and O–H groups in total. The molecule has 3 rings (SSSR count). The van der Waals surface area contributed by atoms with Crippen LogP contribution in [0.2, 0.25) is 0 Å². The van der Waals surface area contributed by atoms with Crippen LogP contribution in [-0.2, 0) is 11.3 Å². The molecule has 0 radical (unpaired) electrons. The molecule has 2 aromatic carbocycles. The summed E-state index contributed by atoms with van der Waals surface area (Å²) in [4.78, 5) is 39.0. The molecular formula is C24H25N5O3. The first-order valence-electron chi connectivity index (χ1n) is 9.94. The van der Waals surface area contributed by atoms with Crippen LogP contribution in [0.4, 0.5) is 11.4 Å². The summed E-state index contributed by atoms with van der Waals surface area (Å²) in [7, 11) is 0. The van der Waals surface area contributed by atoms with Crippen LogP contribution in [0.3, 0.4) is 0 Å². The van der Waals surface area contributed by atoms with Crippen LogP contribution in [-0.4, -0.2) is 21.4 Å². The number of benzene rings is 2. The highest BCUT2D eigenvalue weighted by Gasteiger charge is 2.12. The summed E-state index contributed by atoms with van der Waals surface area (Å²) in [5, 5.41) is 5.45. The van der Waals surface area contributed by atoms with E-state index in [0.29, 0.717) is 34.0 Å². The van der Waals surface area contributed by atoms with Crippen molar-refractivity contribution in [3.63, 3.8) is 0 Å². The molecule has 0 aliphatic rings. The third-order valence-corrected chi connectivity index (χ3v) is 4.75. The van der Waals surface area contributed by atoms with Gasteiger partial charge < -0.3 is 21.4 Å². The summed E-state index contributed by atoms with van der Waals surface area (Å²) in [5.41, 5.74) is 9.65. The third kappa shape index (κ3) is 5.23. The van der Waals surface area contributed by atoms with Gasteiger partial charge in [-0.1, -0.05) is 30.8 Å². The van der Waals surface area contributed by atoms with Crippen molar-refractivity contribution in [1.82, 2.24) is 14.9 Å². The fraction of sp³-hybridized carbons (Fsp3) is 0.125. The number of nitrogen functional groups attached to an aromatic ring is 1. The fourth-order valence-electron chi connectivity index (χ4n) is 3.27. The maximum absolute atomic E-state index is 12.5. The van der Waals surface area contributed by atoms with Gasteiger partial charge in [-0.05, 0) is 48.9 Å². The quantitative estimate of drug-likeness (QED) is 0.429. The lowest BCUT2D eigenvalue weighted by Gasteiger charge is -2.09. The van der Waals surface area contributed by atoms with Crippen LogP contribution in [0.25, 0.3) is 12.2 Å². The molecule has 164 valence electrons. The standard InChI is InChI=1S/C24H25N5O3/c1-4-22-21(13-15(2)26-16(3)30)28-24(32)29(22)14-17-9-11-18(12-10-17)23(31)27-20-8-6-5-7-19(20)25/h4-13H,1,14,25H2,2-3H3,(H,26,30)(H,27,31)(H,28,32)/b15-13+. The first-order chi connectivity index (χ1) is 15.3. The van der Waals surface area contributed by atoms with Gasteiger partial charge in [0, 0.05) is 18.2 Å². The number of hydrogen-bond donors (Lipinski definition) is 4. The first-order valence-corrected chi connectivity index (χ1v) is 9.94. The number of aromatic amines is 1. The molecule has 0 saturated heterocycles. The van der Waals surface area contributed by atoms with E-state index in [2.05, 4.69) is 22.2 Å². The summed E-state index contributed by atoms with van der Waals surface area (Å²) >= 11 is 0. The third-order valence-electron chi connectivity index (χ3n) is 4.75. The molecule has 3 aromatic rings. The zero-order valence-corrected chi connectivity index (χ0v) is 17.9. The molecule has 1 heterocycles. The molecule has 0 atom stereocenters. The zero-order valence-electron chi connectivity index (χ0n) is 17.9. The highest BCUT2D eigenvalue weighted by molar-refractivity contribution is 6.05. The van der Waals surface area contributed by atoms with E-state index < -0.39 is 0 Å². The second-order valence-electron chi connectivity index (χ2n) is 7.27. The Hall–Kier alpha value is -4.33. The molecule has 0 bridgehead atoms. The number of nitrogens with zero attached hydrogens (tertiary/aromatic N) is 1. The Morgan fingerprint density at radius 3 is 2.44 bits per heavy atom. The minimum Gasteiger partial charge on any atom is -0.397 e. The van der Waals surface area contributed by atoms with Gasteiger partial charge in [0.2, 0.25) is 5.91 Å². The molecule has 0 spiro atoms. The van der Waals surface area contributed by atoms with Crippen LogP contribution in [0.15, 0.2) is 65.6 Å². The molecule has 0 unspecified atom stereocenters. The van der Waals surface area contributed by atoms with Gasteiger partial charge in [-0.2, -0.15) is 0 Å². The molecule has 0 aliphatic heterocycles. The molecule has 2 amide bonds. The molecule has 8 nitrogen and oxygen atoms in total. The summed E-state index contributed by atoms with van der Waals surface area (Å²) in [6, 6.07) is 14.0. The number of nitrogens with one attached hydrogen (secondary N) is 3. The van der Waals surface area contributed by atoms with Gasteiger partial charge >= 0.3 is 5.69 Å². The van der Waals surface area contributed by atoms with Gasteiger partial charge in [0.25, 0.3) is 5.91 Å². The molecule has 1 aromatic heterocycles. The van der Waals surface area contributed by atoms with Crippen molar-refractivity contribution < 1.29 is 9.59 Å². The average molecular weight is 431 g/mol. The minimum atomic E-state index is -0.303. The lowest BCUT2D eigenvalue weighted by molar-refractivity contribution is -0.118. The first kappa shape index (κ1) is 22.4. The van der Waals surface area contributed by atoms with Gasteiger partial charge in [0.1, 0.15) is 0 Å². The van der Waals surface area contributed by atoms with E-state index in [1.54, 1.807) is 72.2 Å². The van der Waals surface area contributed by atoms with Gasteiger partial charge in [0.05, 0.1) is 29.3 Å². The number of carbonyl (C=O) groups is 2. The second kappa shape index (κ2) is 9.65. The molecule has 0 aliphatic carbocycles. The smallest absolute Gasteiger partial charge is 0.326 e. The van der Waals surface area contributed by atoms with Crippen molar-refractivity contribution >= 4 is 35.3 Å². The summed E-state index contributed by atoms with van der Waals surface area (Å²) in [6.07, 6.45) is 3.26. The minimum absolute atomic E-state index is 0.195. The van der Waals surface area contributed by atoms with Crippen LogP contribution < -0.4 is 22.1 Å². The summed E-state index contributed by atoms with van der Waals surface area (Å²) in [5.74, 6) is -0.472. The number of carbonyl (C=O) groups excluding carboxylic acids is 2. The maximum atomic E-state index is 12.5. The molecule has 0 fully saturated rings. The fourth-order valence-corrected chi connectivity index (χ4v) is 3.27. The lowest BCUT2D eigenvalue weighted by Crippen LogP contribution is -2.18. The number of hydrogen-bond acceptors (Lipinski definition) is 4. The summed E-state index contributed by atoms with van der Waals surface area (Å²) < 4.78 is 1.54. The van der Waals surface area contributed by atoms with Crippen LogP contribution in [0.1, 0.15) is 41.2 Å². The number of H-pyrrole nitrogens is 1. The Bertz CT molecular complexity index is 1250. The predicted molar refractivity (Wildman–Crippen MR) is 127 cm³/mol.